The number of rotatable bonds is 9. The predicted molar refractivity (Wildman–Crippen MR) is 64.0 cm³/mol. The summed E-state index contributed by atoms with van der Waals surface area (Å²) in [5.74, 6) is -0.745. The molecule has 0 aromatic heterocycles. The molecule has 0 heterocycles. The first-order chi connectivity index (χ1) is 7.22. The van der Waals surface area contributed by atoms with Crippen molar-refractivity contribution in [3.8, 4) is 0 Å². The van der Waals surface area contributed by atoms with Crippen LogP contribution >= 0.6 is 0 Å². The Kier molecular flexibility index (Phi) is 9.24. The van der Waals surface area contributed by atoms with Crippen LogP contribution in [0.2, 0.25) is 0 Å². The van der Waals surface area contributed by atoms with E-state index in [0.717, 1.165) is 19.3 Å². The summed E-state index contributed by atoms with van der Waals surface area (Å²) in [5, 5.41) is 8.88. The monoisotopic (exact) mass is 212 g/mol. The Labute approximate surface area is 93.4 Å². The summed E-state index contributed by atoms with van der Waals surface area (Å²) in [7, 11) is 0. The van der Waals surface area contributed by atoms with E-state index < -0.39 is 5.97 Å². The minimum absolute atomic E-state index is 0.591. The number of carboxylic acids is 1. The molecule has 0 saturated heterocycles. The topological polar surface area (TPSA) is 37.3 Å². The second-order valence-electron chi connectivity index (χ2n) is 3.99. The lowest BCUT2D eigenvalue weighted by Crippen LogP contribution is -2.00. The molecule has 0 saturated carbocycles. The second kappa shape index (κ2) is 9.75. The smallest absolute Gasteiger partial charge is 0.331 e. The van der Waals surface area contributed by atoms with Gasteiger partial charge in [0.25, 0.3) is 0 Å². The van der Waals surface area contributed by atoms with Gasteiger partial charge in [0, 0.05) is 5.57 Å². The fraction of sp³-hybridized carbons (Fsp3) is 0.769. The molecule has 0 aromatic carbocycles. The maximum absolute atomic E-state index is 10.8. The molecule has 88 valence electrons. The van der Waals surface area contributed by atoms with Crippen molar-refractivity contribution < 1.29 is 9.90 Å². The summed E-state index contributed by atoms with van der Waals surface area (Å²) in [6.07, 6.45) is 10.6. The van der Waals surface area contributed by atoms with E-state index in [9.17, 15) is 4.79 Å². The number of allylic oxidation sites excluding steroid dienone is 1. The lowest BCUT2D eigenvalue weighted by molar-refractivity contribution is -0.132. The normalized spacial score (nSPS) is 11.7. The highest BCUT2D eigenvalue weighted by molar-refractivity contribution is 5.86. The van der Waals surface area contributed by atoms with Crippen molar-refractivity contribution in [2.75, 3.05) is 0 Å². The van der Waals surface area contributed by atoms with Gasteiger partial charge in [0.15, 0.2) is 0 Å². The van der Waals surface area contributed by atoms with Crippen molar-refractivity contribution in [3.05, 3.63) is 11.6 Å². The zero-order valence-electron chi connectivity index (χ0n) is 10.1. The Hall–Kier alpha value is -0.790. The third-order valence-electron chi connectivity index (χ3n) is 2.49. The summed E-state index contributed by atoms with van der Waals surface area (Å²) in [6.45, 7) is 4.21. The predicted octanol–water partition coefficient (Wildman–Crippen LogP) is 4.16. The van der Waals surface area contributed by atoms with Crippen LogP contribution in [-0.4, -0.2) is 11.1 Å². The van der Waals surface area contributed by atoms with Gasteiger partial charge >= 0.3 is 5.97 Å². The minimum atomic E-state index is -0.745. The summed E-state index contributed by atoms with van der Waals surface area (Å²) in [4.78, 5) is 10.8. The molecular formula is C13H24O2. The van der Waals surface area contributed by atoms with E-state index >= 15 is 0 Å². The molecule has 1 N–H and O–H groups in total. The fourth-order valence-corrected chi connectivity index (χ4v) is 1.59. The Bertz CT molecular complexity index is 195. The van der Waals surface area contributed by atoms with E-state index in [-0.39, 0.29) is 0 Å². The molecule has 0 aliphatic rings. The number of hydrogen-bond donors (Lipinski definition) is 1. The highest BCUT2D eigenvalue weighted by atomic mass is 16.4. The van der Waals surface area contributed by atoms with E-state index in [2.05, 4.69) is 6.92 Å². The lowest BCUT2D eigenvalue weighted by atomic mass is 10.1. The van der Waals surface area contributed by atoms with Crippen LogP contribution < -0.4 is 0 Å². The Morgan fingerprint density at radius 3 is 2.27 bits per heavy atom. The quantitative estimate of drug-likeness (QED) is 0.460. The molecule has 0 aliphatic heterocycles. The van der Waals surface area contributed by atoms with Gasteiger partial charge in [-0.25, -0.2) is 4.79 Å². The second-order valence-corrected chi connectivity index (χ2v) is 3.99. The van der Waals surface area contributed by atoms with Gasteiger partial charge in [0.2, 0.25) is 0 Å². The lowest BCUT2D eigenvalue weighted by Gasteiger charge is -2.00. The zero-order valence-corrected chi connectivity index (χ0v) is 10.1. The number of hydrogen-bond acceptors (Lipinski definition) is 1. The molecule has 0 amide bonds. The van der Waals surface area contributed by atoms with E-state index in [1.54, 1.807) is 0 Å². The SMILES string of the molecule is CCCCCCC/C=C(/CCC)C(=O)O. The zero-order chi connectivity index (χ0) is 11.5. The van der Waals surface area contributed by atoms with Gasteiger partial charge in [-0.15, -0.1) is 0 Å². The molecule has 0 bridgehead atoms. The van der Waals surface area contributed by atoms with Crippen LogP contribution in [0.15, 0.2) is 11.6 Å². The van der Waals surface area contributed by atoms with Gasteiger partial charge in [-0.05, 0) is 19.3 Å². The summed E-state index contributed by atoms with van der Waals surface area (Å²) >= 11 is 0. The molecule has 15 heavy (non-hydrogen) atoms. The van der Waals surface area contributed by atoms with E-state index in [4.69, 9.17) is 5.11 Å². The maximum atomic E-state index is 10.8. The molecule has 0 aromatic rings. The van der Waals surface area contributed by atoms with Gasteiger partial charge in [-0.1, -0.05) is 52.0 Å². The molecular weight excluding hydrogens is 188 g/mol. The largest absolute Gasteiger partial charge is 0.478 e. The molecule has 0 fully saturated rings. The van der Waals surface area contributed by atoms with Gasteiger partial charge in [0.05, 0.1) is 0 Å². The Balaban J connectivity index is 3.65. The van der Waals surface area contributed by atoms with Crippen LogP contribution in [0.4, 0.5) is 0 Å². The molecule has 0 atom stereocenters. The average Bonchev–Trinajstić information content (AvgIpc) is 2.21. The molecule has 2 heteroatoms. The summed E-state index contributed by atoms with van der Waals surface area (Å²) < 4.78 is 0. The molecule has 0 rings (SSSR count). The van der Waals surface area contributed by atoms with Gasteiger partial charge in [-0.3, -0.25) is 0 Å². The molecule has 0 radical (unpaired) electrons. The number of carbonyl (C=O) groups is 1. The van der Waals surface area contributed by atoms with Crippen molar-refractivity contribution in [1.29, 1.82) is 0 Å². The first kappa shape index (κ1) is 14.2. The van der Waals surface area contributed by atoms with Crippen LogP contribution in [-0.2, 0) is 4.79 Å². The van der Waals surface area contributed by atoms with Crippen molar-refractivity contribution in [1.82, 2.24) is 0 Å². The molecule has 0 aliphatic carbocycles. The third-order valence-corrected chi connectivity index (χ3v) is 2.49. The van der Waals surface area contributed by atoms with Crippen LogP contribution in [0.3, 0.4) is 0 Å². The highest BCUT2D eigenvalue weighted by Crippen LogP contribution is 2.10. The first-order valence-corrected chi connectivity index (χ1v) is 6.14. The van der Waals surface area contributed by atoms with Crippen LogP contribution in [0.5, 0.6) is 0 Å². The average molecular weight is 212 g/mol. The van der Waals surface area contributed by atoms with E-state index in [1.165, 1.54) is 25.7 Å². The Morgan fingerprint density at radius 1 is 1.07 bits per heavy atom. The minimum Gasteiger partial charge on any atom is -0.478 e. The van der Waals surface area contributed by atoms with E-state index in [1.807, 2.05) is 13.0 Å². The number of unbranched alkanes of at least 4 members (excludes halogenated alkanes) is 5. The number of aliphatic carboxylic acids is 1. The fourth-order valence-electron chi connectivity index (χ4n) is 1.59. The molecule has 0 spiro atoms. The Morgan fingerprint density at radius 2 is 1.73 bits per heavy atom. The van der Waals surface area contributed by atoms with Gasteiger partial charge in [0.1, 0.15) is 0 Å². The van der Waals surface area contributed by atoms with Crippen molar-refractivity contribution in [3.63, 3.8) is 0 Å². The van der Waals surface area contributed by atoms with Crippen LogP contribution in [0, 0.1) is 0 Å². The molecule has 0 unspecified atom stereocenters. The van der Waals surface area contributed by atoms with Crippen molar-refractivity contribution in [2.45, 2.75) is 65.2 Å². The van der Waals surface area contributed by atoms with Crippen LogP contribution in [0.25, 0.3) is 0 Å². The van der Waals surface area contributed by atoms with Crippen molar-refractivity contribution >= 4 is 5.97 Å². The standard InChI is InChI=1S/C13H24O2/c1-3-5-6-7-8-9-11-12(10-4-2)13(14)15/h11H,3-10H2,1-2H3,(H,14,15)/b12-11-. The van der Waals surface area contributed by atoms with Gasteiger partial charge < -0.3 is 5.11 Å². The maximum Gasteiger partial charge on any atom is 0.331 e. The van der Waals surface area contributed by atoms with Gasteiger partial charge in [-0.2, -0.15) is 0 Å². The summed E-state index contributed by atoms with van der Waals surface area (Å²) in [6, 6.07) is 0. The van der Waals surface area contributed by atoms with E-state index in [0.29, 0.717) is 12.0 Å². The first-order valence-electron chi connectivity index (χ1n) is 6.14. The summed E-state index contributed by atoms with van der Waals surface area (Å²) in [5.41, 5.74) is 0.591. The highest BCUT2D eigenvalue weighted by Gasteiger charge is 2.04. The molecule has 2 nitrogen and oxygen atoms in total. The van der Waals surface area contributed by atoms with Crippen LogP contribution in [0.1, 0.15) is 65.2 Å². The third kappa shape index (κ3) is 8.22. The number of carboxylic acid groups (broad SMARTS) is 1. The van der Waals surface area contributed by atoms with Crippen molar-refractivity contribution in [2.24, 2.45) is 0 Å².